The van der Waals surface area contributed by atoms with Crippen LogP contribution in [0.4, 0.5) is 0 Å². The second-order valence-electron chi connectivity index (χ2n) is 14.1. The molecular formula is C51H33N5. The Labute approximate surface area is 323 Å². The Bertz CT molecular complexity index is 3160. The first-order valence-corrected chi connectivity index (χ1v) is 18.9. The summed E-state index contributed by atoms with van der Waals surface area (Å²) >= 11 is 0. The van der Waals surface area contributed by atoms with Gasteiger partial charge < -0.3 is 4.57 Å². The third-order valence-electron chi connectivity index (χ3n) is 10.8. The normalized spacial score (nSPS) is 11.6. The van der Waals surface area contributed by atoms with Crippen LogP contribution in [0.3, 0.4) is 0 Å². The van der Waals surface area contributed by atoms with Crippen LogP contribution >= 0.6 is 0 Å². The van der Waals surface area contributed by atoms with E-state index in [0.717, 1.165) is 61.4 Å². The van der Waals surface area contributed by atoms with E-state index in [0.29, 0.717) is 5.82 Å². The Morgan fingerprint density at radius 2 is 0.946 bits per heavy atom. The summed E-state index contributed by atoms with van der Waals surface area (Å²) in [5.74, 6) is 0.703. The molecule has 0 spiro atoms. The molecule has 11 rings (SSSR count). The zero-order chi connectivity index (χ0) is 37.0. The van der Waals surface area contributed by atoms with Crippen LogP contribution in [-0.2, 0) is 0 Å². The van der Waals surface area contributed by atoms with Crippen LogP contribution in [0.1, 0.15) is 0 Å². The number of nitrogens with zero attached hydrogens (tertiary/aromatic N) is 5. The van der Waals surface area contributed by atoms with Gasteiger partial charge in [-0.05, 0) is 77.9 Å². The summed E-state index contributed by atoms with van der Waals surface area (Å²) in [5, 5.41) is 4.76. The van der Waals surface area contributed by atoms with E-state index in [1.165, 1.54) is 32.9 Å². The Morgan fingerprint density at radius 3 is 1.71 bits per heavy atom. The van der Waals surface area contributed by atoms with Gasteiger partial charge in [0.1, 0.15) is 5.65 Å². The van der Waals surface area contributed by atoms with E-state index in [4.69, 9.17) is 15.0 Å². The van der Waals surface area contributed by atoms with Crippen molar-refractivity contribution in [3.8, 4) is 56.4 Å². The number of aromatic nitrogens is 5. The molecule has 262 valence electrons. The van der Waals surface area contributed by atoms with Gasteiger partial charge in [0.15, 0.2) is 5.82 Å². The van der Waals surface area contributed by atoms with Crippen molar-refractivity contribution in [3.63, 3.8) is 0 Å². The van der Waals surface area contributed by atoms with Crippen LogP contribution < -0.4 is 0 Å². The van der Waals surface area contributed by atoms with Crippen molar-refractivity contribution in [1.82, 2.24) is 24.1 Å². The molecule has 5 nitrogen and oxygen atoms in total. The van der Waals surface area contributed by atoms with E-state index in [2.05, 4.69) is 161 Å². The molecule has 7 aromatic carbocycles. The second-order valence-corrected chi connectivity index (χ2v) is 14.1. The first-order valence-electron chi connectivity index (χ1n) is 18.9. The third kappa shape index (κ3) is 5.21. The molecule has 0 radical (unpaired) electrons. The van der Waals surface area contributed by atoms with Gasteiger partial charge in [0, 0.05) is 55.8 Å². The van der Waals surface area contributed by atoms with Crippen molar-refractivity contribution in [1.29, 1.82) is 0 Å². The van der Waals surface area contributed by atoms with Gasteiger partial charge in [-0.15, -0.1) is 0 Å². The number of para-hydroxylation sites is 2. The average molecular weight is 716 g/mol. The van der Waals surface area contributed by atoms with Crippen molar-refractivity contribution in [3.05, 3.63) is 200 Å². The maximum Gasteiger partial charge on any atom is 0.160 e. The maximum atomic E-state index is 5.06. The zero-order valence-corrected chi connectivity index (χ0v) is 30.3. The van der Waals surface area contributed by atoms with E-state index in [-0.39, 0.29) is 0 Å². The van der Waals surface area contributed by atoms with Crippen LogP contribution in [0.15, 0.2) is 200 Å². The molecule has 5 heteroatoms. The highest BCUT2D eigenvalue weighted by atomic mass is 15.0. The van der Waals surface area contributed by atoms with Crippen molar-refractivity contribution in [2.45, 2.75) is 0 Å². The highest BCUT2D eigenvalue weighted by Crippen LogP contribution is 2.41. The quantitative estimate of drug-likeness (QED) is 0.172. The van der Waals surface area contributed by atoms with Gasteiger partial charge in [0.2, 0.25) is 0 Å². The van der Waals surface area contributed by atoms with Crippen molar-refractivity contribution in [2.24, 2.45) is 0 Å². The monoisotopic (exact) mass is 715 g/mol. The summed E-state index contributed by atoms with van der Waals surface area (Å²) in [6.45, 7) is 0. The molecule has 4 aromatic heterocycles. The van der Waals surface area contributed by atoms with Gasteiger partial charge in [-0.3, -0.25) is 4.57 Å². The molecule has 0 fully saturated rings. The van der Waals surface area contributed by atoms with Crippen molar-refractivity contribution < 1.29 is 0 Å². The molecule has 4 heterocycles. The lowest BCUT2D eigenvalue weighted by Crippen LogP contribution is -1.97. The van der Waals surface area contributed by atoms with Gasteiger partial charge in [-0.1, -0.05) is 127 Å². The molecule has 0 aliphatic heterocycles. The number of hydrogen-bond acceptors (Lipinski definition) is 3. The smallest absolute Gasteiger partial charge is 0.160 e. The van der Waals surface area contributed by atoms with Crippen LogP contribution in [0.5, 0.6) is 0 Å². The zero-order valence-electron chi connectivity index (χ0n) is 30.3. The van der Waals surface area contributed by atoms with E-state index in [1.807, 2.05) is 48.7 Å². The Hall–Kier alpha value is -7.63. The number of hydrogen-bond donors (Lipinski definition) is 0. The minimum Gasteiger partial charge on any atom is -0.309 e. The summed E-state index contributed by atoms with van der Waals surface area (Å²) in [6, 6.07) is 68.2. The van der Waals surface area contributed by atoms with Gasteiger partial charge in [0.25, 0.3) is 0 Å². The van der Waals surface area contributed by atoms with Crippen molar-refractivity contribution >= 4 is 43.7 Å². The van der Waals surface area contributed by atoms with Gasteiger partial charge in [-0.25, -0.2) is 15.0 Å². The molecular weight excluding hydrogens is 683 g/mol. The summed E-state index contributed by atoms with van der Waals surface area (Å²) in [5.41, 5.74) is 13.8. The van der Waals surface area contributed by atoms with Crippen LogP contribution in [0.2, 0.25) is 0 Å². The largest absolute Gasteiger partial charge is 0.309 e. The predicted molar refractivity (Wildman–Crippen MR) is 230 cm³/mol. The van der Waals surface area contributed by atoms with Crippen LogP contribution in [0.25, 0.3) is 100 Å². The lowest BCUT2D eigenvalue weighted by atomic mass is 9.98. The number of pyridine rings is 1. The Kier molecular flexibility index (Phi) is 7.42. The molecule has 0 unspecified atom stereocenters. The number of benzene rings is 7. The van der Waals surface area contributed by atoms with Gasteiger partial charge in [0.05, 0.1) is 27.9 Å². The van der Waals surface area contributed by atoms with Gasteiger partial charge in [-0.2, -0.15) is 0 Å². The minimum absolute atomic E-state index is 0.703. The SMILES string of the molecule is c1ccc(-c2cc(-c3ccc(-n4c5ccc(-c6cccc7c6c6ccccc6n7-c6ccccc6)cc5c5cccnc54)cc3)nc(-c3ccccc3)n2)cc1. The van der Waals surface area contributed by atoms with Crippen molar-refractivity contribution in [2.75, 3.05) is 0 Å². The predicted octanol–water partition coefficient (Wildman–Crippen LogP) is 12.7. The first-order chi connectivity index (χ1) is 27.8. The Morgan fingerprint density at radius 1 is 0.357 bits per heavy atom. The van der Waals surface area contributed by atoms with E-state index < -0.39 is 0 Å². The summed E-state index contributed by atoms with van der Waals surface area (Å²) in [6.07, 6.45) is 1.88. The van der Waals surface area contributed by atoms with Crippen LogP contribution in [0, 0.1) is 0 Å². The molecule has 0 atom stereocenters. The summed E-state index contributed by atoms with van der Waals surface area (Å²) in [7, 11) is 0. The lowest BCUT2D eigenvalue weighted by molar-refractivity contribution is 1.13. The van der Waals surface area contributed by atoms with E-state index in [1.54, 1.807) is 0 Å². The fourth-order valence-electron chi connectivity index (χ4n) is 8.24. The minimum atomic E-state index is 0.703. The molecule has 0 amide bonds. The third-order valence-corrected chi connectivity index (χ3v) is 10.8. The number of rotatable bonds is 6. The molecule has 0 N–H and O–H groups in total. The van der Waals surface area contributed by atoms with E-state index >= 15 is 0 Å². The maximum absolute atomic E-state index is 5.06. The second kappa shape index (κ2) is 13.0. The molecule has 0 bridgehead atoms. The molecule has 0 saturated heterocycles. The summed E-state index contributed by atoms with van der Waals surface area (Å²) < 4.78 is 4.64. The molecule has 0 aliphatic carbocycles. The molecule has 0 aliphatic rings. The highest BCUT2D eigenvalue weighted by Gasteiger charge is 2.19. The van der Waals surface area contributed by atoms with Gasteiger partial charge >= 0.3 is 0 Å². The highest BCUT2D eigenvalue weighted by molar-refractivity contribution is 6.17. The molecule has 56 heavy (non-hydrogen) atoms. The number of fused-ring (bicyclic) bond motifs is 6. The molecule has 11 aromatic rings. The standard InChI is InChI=1S/C51H33N5/c1-4-14-34(15-5-1)44-33-45(54-50(53-44)36-16-6-2-7-17-36)35-25-28-39(29-26-35)56-47-30-27-37(32-43(47)41-22-13-31-52-51(41)56)40-21-12-24-48-49(40)42-20-10-11-23-46(42)55(48)38-18-8-3-9-19-38/h1-33H. The first kappa shape index (κ1) is 31.9. The Balaban J connectivity index is 1.04. The fraction of sp³-hybridized carbons (Fsp3) is 0. The summed E-state index contributed by atoms with van der Waals surface area (Å²) in [4.78, 5) is 15.0. The fourth-order valence-corrected chi connectivity index (χ4v) is 8.24. The lowest BCUT2D eigenvalue weighted by Gasteiger charge is -2.11. The van der Waals surface area contributed by atoms with E-state index in [9.17, 15) is 0 Å². The average Bonchev–Trinajstić information content (AvgIpc) is 3.80. The molecule has 0 saturated carbocycles. The van der Waals surface area contributed by atoms with Crippen LogP contribution in [-0.4, -0.2) is 24.1 Å². The topological polar surface area (TPSA) is 48.5 Å².